The zero-order chi connectivity index (χ0) is 29.2. The second kappa shape index (κ2) is 12.1. The number of halogens is 6. The van der Waals surface area contributed by atoms with E-state index in [1.807, 2.05) is 0 Å². The number of amides is 2. The Morgan fingerprint density at radius 2 is 1.77 bits per heavy atom. The summed E-state index contributed by atoms with van der Waals surface area (Å²) in [7, 11) is 0. The molecule has 2 aromatic rings. The number of alkyl halides is 4. The molecule has 2 fully saturated rings. The summed E-state index contributed by atoms with van der Waals surface area (Å²) in [6, 6.07) is 9.72. The Balaban J connectivity index is 1.29. The summed E-state index contributed by atoms with van der Waals surface area (Å²) < 4.78 is 54.9. The number of hydrogen-bond acceptors (Lipinski definition) is 5. The Hall–Kier alpha value is -2.60. The molecule has 2 saturated heterocycles. The van der Waals surface area contributed by atoms with Gasteiger partial charge < -0.3 is 20.6 Å². The van der Waals surface area contributed by atoms with Crippen LogP contribution in [0.3, 0.4) is 0 Å². The van der Waals surface area contributed by atoms with Crippen LogP contribution in [0, 0.1) is 0 Å². The highest BCUT2D eigenvalue weighted by Gasteiger charge is 2.62. The van der Waals surface area contributed by atoms with E-state index < -0.39 is 35.3 Å². The van der Waals surface area contributed by atoms with Gasteiger partial charge in [0.1, 0.15) is 6.17 Å². The molecule has 0 aliphatic carbocycles. The van der Waals surface area contributed by atoms with Crippen molar-refractivity contribution in [1.29, 1.82) is 0 Å². The topological polar surface area (TPSA) is 84.9 Å². The lowest BCUT2D eigenvalue weighted by Gasteiger charge is -2.48. The van der Waals surface area contributed by atoms with Crippen molar-refractivity contribution < 1.29 is 32.3 Å². The van der Waals surface area contributed by atoms with Crippen molar-refractivity contribution in [2.45, 2.75) is 49.8 Å². The molecule has 2 aliphatic rings. The van der Waals surface area contributed by atoms with E-state index in [1.165, 1.54) is 19.1 Å². The van der Waals surface area contributed by atoms with Crippen molar-refractivity contribution in [3.63, 3.8) is 0 Å². The highest BCUT2D eigenvalue weighted by molar-refractivity contribution is 6.34. The maximum Gasteiger partial charge on any atom is 0.430 e. The quantitative estimate of drug-likeness (QED) is 0.383. The summed E-state index contributed by atoms with van der Waals surface area (Å²) in [5.41, 5.74) is -3.32. The molecule has 2 amide bonds. The van der Waals surface area contributed by atoms with Crippen LogP contribution < -0.4 is 10.6 Å². The van der Waals surface area contributed by atoms with Crippen molar-refractivity contribution in [2.75, 3.05) is 38.0 Å². The van der Waals surface area contributed by atoms with Crippen LogP contribution in [0.1, 0.15) is 35.7 Å². The molecule has 3 N–H and O–H groups in total. The van der Waals surface area contributed by atoms with Crippen LogP contribution in [0.2, 0.25) is 10.0 Å². The number of hydrogen-bond donors (Lipinski definition) is 3. The Bertz CT molecular complexity index is 1230. The minimum Gasteiger partial charge on any atom is -0.380 e. The molecule has 7 nitrogen and oxygen atoms in total. The van der Waals surface area contributed by atoms with E-state index in [0.29, 0.717) is 25.9 Å². The van der Waals surface area contributed by atoms with E-state index in [0.717, 1.165) is 22.7 Å². The molecule has 2 aromatic carbocycles. The summed E-state index contributed by atoms with van der Waals surface area (Å²) in [4.78, 5) is 28.4. The van der Waals surface area contributed by atoms with Crippen LogP contribution in [0.4, 0.5) is 23.2 Å². The van der Waals surface area contributed by atoms with Gasteiger partial charge in [0, 0.05) is 55.0 Å². The van der Waals surface area contributed by atoms with Gasteiger partial charge in [-0.1, -0.05) is 35.3 Å². The highest BCUT2D eigenvalue weighted by Crippen LogP contribution is 2.42. The maximum absolute atomic E-state index is 14.0. The molecule has 0 bridgehead atoms. The van der Waals surface area contributed by atoms with Crippen LogP contribution in [0.15, 0.2) is 42.5 Å². The van der Waals surface area contributed by atoms with E-state index in [1.54, 1.807) is 18.2 Å². The van der Waals surface area contributed by atoms with E-state index >= 15 is 0 Å². The van der Waals surface area contributed by atoms with Crippen molar-refractivity contribution in [1.82, 2.24) is 15.1 Å². The molecule has 218 valence electrons. The largest absolute Gasteiger partial charge is 0.430 e. The van der Waals surface area contributed by atoms with Gasteiger partial charge in [-0.25, -0.2) is 4.39 Å². The molecule has 0 radical (unpaired) electrons. The van der Waals surface area contributed by atoms with Gasteiger partial charge in [-0.3, -0.25) is 14.5 Å². The average Bonchev–Trinajstić information content (AvgIpc) is 2.87. The first-order valence-electron chi connectivity index (χ1n) is 12.9. The smallest absolute Gasteiger partial charge is 0.380 e. The van der Waals surface area contributed by atoms with Crippen molar-refractivity contribution in [2.24, 2.45) is 0 Å². The molecule has 2 atom stereocenters. The molecular formula is C27H30Cl2F4N4O3. The third kappa shape index (κ3) is 6.48. The molecule has 0 aromatic heterocycles. The number of anilines is 1. The maximum atomic E-state index is 14.0. The number of aliphatic hydroxyl groups is 1. The molecule has 2 heterocycles. The number of carbonyl (C=O) groups is 2. The fraction of sp³-hybridized carbons (Fsp3) is 0.481. The predicted octanol–water partition coefficient (Wildman–Crippen LogP) is 4.62. The monoisotopic (exact) mass is 604 g/mol. The predicted molar refractivity (Wildman–Crippen MR) is 144 cm³/mol. The number of benzene rings is 2. The van der Waals surface area contributed by atoms with Gasteiger partial charge >= 0.3 is 6.18 Å². The normalized spacial score (nSPS) is 19.4. The first-order chi connectivity index (χ1) is 18.8. The van der Waals surface area contributed by atoms with Gasteiger partial charge in [0.25, 0.3) is 17.4 Å². The summed E-state index contributed by atoms with van der Waals surface area (Å²) in [5, 5.41) is 16.7. The molecule has 2 unspecified atom stereocenters. The third-order valence-corrected chi connectivity index (χ3v) is 7.82. The minimum atomic E-state index is -5.22. The first-order valence-corrected chi connectivity index (χ1v) is 13.6. The van der Waals surface area contributed by atoms with E-state index in [2.05, 4.69) is 15.5 Å². The number of rotatable bonds is 8. The van der Waals surface area contributed by atoms with Gasteiger partial charge in [-0.05, 0) is 50.1 Å². The van der Waals surface area contributed by atoms with E-state index in [4.69, 9.17) is 23.2 Å². The first kappa shape index (κ1) is 30.4. The Kier molecular flexibility index (Phi) is 9.18. The van der Waals surface area contributed by atoms with Gasteiger partial charge in [0.05, 0.1) is 16.6 Å². The lowest BCUT2D eigenvalue weighted by Crippen LogP contribution is -2.62. The van der Waals surface area contributed by atoms with Crippen LogP contribution in [0.5, 0.6) is 0 Å². The molecule has 2 aliphatic heterocycles. The van der Waals surface area contributed by atoms with E-state index in [-0.39, 0.29) is 47.3 Å². The van der Waals surface area contributed by atoms with Gasteiger partial charge in [-0.2, -0.15) is 13.2 Å². The second-order valence-corrected chi connectivity index (χ2v) is 11.1. The van der Waals surface area contributed by atoms with Crippen LogP contribution in [0.25, 0.3) is 0 Å². The Labute approximate surface area is 239 Å². The molecular weight excluding hydrogens is 575 g/mol. The van der Waals surface area contributed by atoms with Gasteiger partial charge in [0.2, 0.25) is 0 Å². The zero-order valence-corrected chi connectivity index (χ0v) is 23.2. The van der Waals surface area contributed by atoms with Crippen LogP contribution >= 0.6 is 23.2 Å². The summed E-state index contributed by atoms with van der Waals surface area (Å²) in [6.07, 6.45) is -5.46. The summed E-state index contributed by atoms with van der Waals surface area (Å²) in [6.45, 7) is 2.76. The molecule has 0 spiro atoms. The van der Waals surface area contributed by atoms with E-state index in [9.17, 15) is 32.3 Å². The molecule has 13 heteroatoms. The molecule has 0 saturated carbocycles. The number of carbonyl (C=O) groups excluding carboxylic acids is 2. The van der Waals surface area contributed by atoms with Crippen LogP contribution in [-0.4, -0.2) is 83.9 Å². The van der Waals surface area contributed by atoms with Crippen molar-refractivity contribution >= 4 is 40.7 Å². The number of piperidine rings is 1. The summed E-state index contributed by atoms with van der Waals surface area (Å²) in [5.74, 6) is -1.86. The Morgan fingerprint density at radius 3 is 2.35 bits per heavy atom. The van der Waals surface area contributed by atoms with Crippen molar-refractivity contribution in [3.8, 4) is 0 Å². The molecule has 40 heavy (non-hydrogen) atoms. The Morgan fingerprint density at radius 1 is 1.10 bits per heavy atom. The molecule has 4 rings (SSSR count). The third-order valence-electron chi connectivity index (χ3n) is 7.27. The standard InChI is InChI=1S/C27H30Cl2F4N4O3/c1-16(30)13-34-24(38)22-6-5-19(12-23(22)29)35-20-14-37(15-20)21-7-9-36(10-8-21)25(39)26(40,27(31,32)33)17-3-2-4-18(28)11-17/h2-6,11-12,16,20-21,35,40H,7-10,13-15H2,1H3,(H,34,38). The minimum absolute atomic E-state index is 0.0143. The number of likely N-dealkylation sites (tertiary alicyclic amines) is 2. The fourth-order valence-electron chi connectivity index (χ4n) is 5.04. The van der Waals surface area contributed by atoms with Gasteiger partial charge in [0.15, 0.2) is 0 Å². The number of nitrogens with one attached hydrogen (secondary N) is 2. The number of nitrogens with zero attached hydrogens (tertiary/aromatic N) is 2. The fourth-order valence-corrected chi connectivity index (χ4v) is 5.50. The lowest BCUT2D eigenvalue weighted by atomic mass is 9.89. The van der Waals surface area contributed by atoms with Crippen LogP contribution in [-0.2, 0) is 10.4 Å². The SMILES string of the molecule is CC(F)CNC(=O)c1ccc(NC2CN(C3CCN(C(=O)C(O)(c4cccc(Cl)c4)C(F)(F)F)CC3)C2)cc1Cl. The van der Waals surface area contributed by atoms with Gasteiger partial charge in [-0.15, -0.1) is 0 Å². The zero-order valence-electron chi connectivity index (χ0n) is 21.6. The lowest BCUT2D eigenvalue weighted by molar-refractivity contribution is -0.262. The second-order valence-electron chi connectivity index (χ2n) is 10.2. The average molecular weight is 605 g/mol. The van der Waals surface area contributed by atoms with Crippen molar-refractivity contribution in [3.05, 3.63) is 63.6 Å². The highest BCUT2D eigenvalue weighted by atomic mass is 35.5. The summed E-state index contributed by atoms with van der Waals surface area (Å²) >= 11 is 12.1.